The fourth-order valence-electron chi connectivity index (χ4n) is 3.10. The summed E-state index contributed by atoms with van der Waals surface area (Å²) < 4.78 is 27.2. The van der Waals surface area contributed by atoms with E-state index >= 15 is 0 Å². The number of nitrogens with one attached hydrogen (secondary N) is 3. The summed E-state index contributed by atoms with van der Waals surface area (Å²) >= 11 is 0. The first-order chi connectivity index (χ1) is 13.0. The van der Waals surface area contributed by atoms with E-state index in [4.69, 9.17) is 0 Å². The molecule has 0 aromatic heterocycles. The highest BCUT2D eigenvalue weighted by atomic mass is 32.2. The molecule has 0 aliphatic carbocycles. The molecule has 9 heteroatoms. The van der Waals surface area contributed by atoms with Gasteiger partial charge < -0.3 is 10.2 Å². The Labute approximate surface area is 167 Å². The first-order valence-electron chi connectivity index (χ1n) is 9.56. The van der Waals surface area contributed by atoms with Crippen molar-refractivity contribution in [2.75, 3.05) is 39.3 Å². The van der Waals surface area contributed by atoms with Gasteiger partial charge in [0.25, 0.3) is 5.91 Å². The largest absolute Gasteiger partial charge is 0.338 e. The standard InChI is InChI=1S/C19H30N4O4S/c1-5-20-18(25)21-17(24)14-22-10-12-23(13-11-22)28(26,27)16-8-6-15(7-9-16)19(2,3)4/h6-9H,5,10-14H2,1-4H3,(H2,20,21,24,25)/p+1. The molecule has 156 valence electrons. The normalized spacial score (nSPS) is 16.6. The maximum absolute atomic E-state index is 12.9. The summed E-state index contributed by atoms with van der Waals surface area (Å²) in [4.78, 5) is 24.5. The lowest BCUT2D eigenvalue weighted by molar-refractivity contribution is -0.895. The summed E-state index contributed by atoms with van der Waals surface area (Å²) in [5.41, 5.74) is 1.05. The van der Waals surface area contributed by atoms with Crippen molar-refractivity contribution < 1.29 is 22.9 Å². The maximum atomic E-state index is 12.9. The summed E-state index contributed by atoms with van der Waals surface area (Å²) in [5, 5.41) is 4.78. The van der Waals surface area contributed by atoms with E-state index in [0.29, 0.717) is 32.7 Å². The Hall–Kier alpha value is -1.97. The number of benzene rings is 1. The van der Waals surface area contributed by atoms with Gasteiger partial charge in [0.1, 0.15) is 0 Å². The number of amides is 3. The highest BCUT2D eigenvalue weighted by Crippen LogP contribution is 2.24. The third-order valence-corrected chi connectivity index (χ3v) is 6.70. The number of hydrogen-bond donors (Lipinski definition) is 3. The van der Waals surface area contributed by atoms with E-state index in [0.717, 1.165) is 10.5 Å². The second-order valence-corrected chi connectivity index (χ2v) is 9.95. The molecule has 0 radical (unpaired) electrons. The van der Waals surface area contributed by atoms with Crippen LogP contribution >= 0.6 is 0 Å². The van der Waals surface area contributed by atoms with Crippen molar-refractivity contribution in [2.24, 2.45) is 0 Å². The van der Waals surface area contributed by atoms with Gasteiger partial charge in [0.15, 0.2) is 6.54 Å². The number of hydrogen-bond acceptors (Lipinski definition) is 4. The van der Waals surface area contributed by atoms with Gasteiger partial charge in [-0.05, 0) is 30.0 Å². The number of quaternary nitrogens is 1. The van der Waals surface area contributed by atoms with Crippen LogP contribution in [-0.4, -0.2) is 63.9 Å². The fourth-order valence-corrected chi connectivity index (χ4v) is 4.54. The Morgan fingerprint density at radius 2 is 1.68 bits per heavy atom. The van der Waals surface area contributed by atoms with Crippen LogP contribution in [0.3, 0.4) is 0 Å². The molecule has 1 heterocycles. The molecular formula is C19H31N4O4S+. The second-order valence-electron chi connectivity index (χ2n) is 8.01. The van der Waals surface area contributed by atoms with E-state index in [1.165, 1.54) is 4.31 Å². The van der Waals surface area contributed by atoms with Gasteiger partial charge in [-0.3, -0.25) is 10.1 Å². The number of piperazine rings is 1. The van der Waals surface area contributed by atoms with E-state index in [1.54, 1.807) is 19.1 Å². The van der Waals surface area contributed by atoms with Crippen molar-refractivity contribution in [3.63, 3.8) is 0 Å². The summed E-state index contributed by atoms with van der Waals surface area (Å²) in [6, 6.07) is 6.54. The number of carbonyl (C=O) groups excluding carboxylic acids is 2. The molecule has 1 aliphatic heterocycles. The van der Waals surface area contributed by atoms with E-state index in [2.05, 4.69) is 31.4 Å². The van der Waals surface area contributed by atoms with Crippen LogP contribution in [0, 0.1) is 0 Å². The number of rotatable bonds is 5. The summed E-state index contributed by atoms with van der Waals surface area (Å²) in [6.07, 6.45) is 0. The minimum Gasteiger partial charge on any atom is -0.338 e. The average molecular weight is 412 g/mol. The lowest BCUT2D eigenvalue weighted by atomic mass is 9.87. The zero-order chi connectivity index (χ0) is 20.9. The van der Waals surface area contributed by atoms with E-state index < -0.39 is 16.1 Å². The molecular weight excluding hydrogens is 380 g/mol. The quantitative estimate of drug-likeness (QED) is 0.620. The van der Waals surface area contributed by atoms with Gasteiger partial charge in [0.05, 0.1) is 31.1 Å². The molecule has 28 heavy (non-hydrogen) atoms. The molecule has 2 rings (SSSR count). The van der Waals surface area contributed by atoms with Crippen LogP contribution in [0.15, 0.2) is 29.2 Å². The average Bonchev–Trinajstić information content (AvgIpc) is 2.61. The van der Waals surface area contributed by atoms with Crippen LogP contribution in [0.5, 0.6) is 0 Å². The molecule has 1 aromatic rings. The summed E-state index contributed by atoms with van der Waals surface area (Å²) in [5.74, 6) is -0.366. The molecule has 0 bridgehead atoms. The molecule has 1 saturated heterocycles. The Balaban J connectivity index is 1.93. The van der Waals surface area contributed by atoms with E-state index in [1.807, 2.05) is 12.1 Å². The van der Waals surface area contributed by atoms with Crippen molar-refractivity contribution in [2.45, 2.75) is 38.0 Å². The molecule has 8 nitrogen and oxygen atoms in total. The smallest absolute Gasteiger partial charge is 0.321 e. The first kappa shape index (κ1) is 22.3. The molecule has 1 aliphatic rings. The lowest BCUT2D eigenvalue weighted by Gasteiger charge is -2.31. The van der Waals surface area contributed by atoms with Crippen LogP contribution in [0.1, 0.15) is 33.3 Å². The second kappa shape index (κ2) is 9.02. The Kier molecular flexibility index (Phi) is 7.19. The van der Waals surface area contributed by atoms with Crippen molar-refractivity contribution in [1.29, 1.82) is 0 Å². The number of sulfonamides is 1. The molecule has 0 unspecified atom stereocenters. The minimum atomic E-state index is -3.55. The number of nitrogens with zero attached hydrogens (tertiary/aromatic N) is 1. The van der Waals surface area contributed by atoms with E-state index in [9.17, 15) is 18.0 Å². The van der Waals surface area contributed by atoms with Gasteiger partial charge in [0, 0.05) is 6.54 Å². The summed E-state index contributed by atoms with van der Waals surface area (Å²) in [7, 11) is -3.55. The summed E-state index contributed by atoms with van der Waals surface area (Å²) in [6.45, 7) is 10.3. The fraction of sp³-hybridized carbons (Fsp3) is 0.579. The predicted octanol–water partition coefficient (Wildman–Crippen LogP) is -0.281. The van der Waals surface area contributed by atoms with E-state index in [-0.39, 0.29) is 22.8 Å². The van der Waals surface area contributed by atoms with Crippen LogP contribution in [0.4, 0.5) is 4.79 Å². The van der Waals surface area contributed by atoms with Crippen molar-refractivity contribution in [3.8, 4) is 0 Å². The molecule has 3 N–H and O–H groups in total. The van der Waals surface area contributed by atoms with Gasteiger partial charge in [-0.15, -0.1) is 0 Å². The molecule has 0 atom stereocenters. The zero-order valence-corrected chi connectivity index (χ0v) is 17.9. The monoisotopic (exact) mass is 411 g/mol. The first-order valence-corrected chi connectivity index (χ1v) is 11.0. The van der Waals surface area contributed by atoms with Gasteiger partial charge >= 0.3 is 6.03 Å². The van der Waals surface area contributed by atoms with Gasteiger partial charge in [-0.1, -0.05) is 32.9 Å². The van der Waals surface area contributed by atoms with Crippen LogP contribution in [-0.2, 0) is 20.2 Å². The Morgan fingerprint density at radius 1 is 1.11 bits per heavy atom. The number of imide groups is 1. The van der Waals surface area contributed by atoms with Crippen LogP contribution < -0.4 is 15.5 Å². The van der Waals surface area contributed by atoms with Crippen LogP contribution in [0.25, 0.3) is 0 Å². The van der Waals surface area contributed by atoms with Crippen LogP contribution in [0.2, 0.25) is 0 Å². The molecule has 1 aromatic carbocycles. The highest BCUT2D eigenvalue weighted by Gasteiger charge is 2.31. The predicted molar refractivity (Wildman–Crippen MR) is 107 cm³/mol. The third kappa shape index (κ3) is 5.76. The van der Waals surface area contributed by atoms with Crippen molar-refractivity contribution >= 4 is 22.0 Å². The zero-order valence-electron chi connectivity index (χ0n) is 17.0. The Morgan fingerprint density at radius 3 is 2.18 bits per heavy atom. The van der Waals surface area contributed by atoms with Crippen molar-refractivity contribution in [1.82, 2.24) is 14.9 Å². The highest BCUT2D eigenvalue weighted by molar-refractivity contribution is 7.89. The molecule has 3 amide bonds. The number of carbonyl (C=O) groups is 2. The molecule has 0 spiro atoms. The maximum Gasteiger partial charge on any atom is 0.321 e. The van der Waals surface area contributed by atoms with Gasteiger partial charge in [-0.2, -0.15) is 4.31 Å². The minimum absolute atomic E-state index is 0.0358. The number of urea groups is 1. The lowest BCUT2D eigenvalue weighted by Crippen LogP contribution is -3.15. The SMILES string of the molecule is CCNC(=O)NC(=O)C[NH+]1CCN(S(=O)(=O)c2ccc(C(C)(C)C)cc2)CC1. The third-order valence-electron chi connectivity index (χ3n) is 4.79. The van der Waals surface area contributed by atoms with Crippen molar-refractivity contribution in [3.05, 3.63) is 29.8 Å². The molecule has 1 fully saturated rings. The van der Waals surface area contributed by atoms with Gasteiger partial charge in [0.2, 0.25) is 10.0 Å². The molecule has 0 saturated carbocycles. The van der Waals surface area contributed by atoms with Gasteiger partial charge in [-0.25, -0.2) is 13.2 Å². The Bertz CT molecular complexity index is 792. The topological polar surface area (TPSA) is 100 Å².